The van der Waals surface area contributed by atoms with Crippen LogP contribution >= 0.6 is 0 Å². The van der Waals surface area contributed by atoms with Gasteiger partial charge in [0.25, 0.3) is 0 Å². The number of para-hydroxylation sites is 1. The summed E-state index contributed by atoms with van der Waals surface area (Å²) in [5.41, 5.74) is 1.35. The number of rotatable bonds is 5. The van der Waals surface area contributed by atoms with Gasteiger partial charge in [-0.1, -0.05) is 18.2 Å². The van der Waals surface area contributed by atoms with Crippen LogP contribution in [0, 0.1) is 0 Å². The Kier molecular flexibility index (Phi) is 4.38. The average molecular weight is 272 g/mol. The molecular weight excluding hydrogens is 248 g/mol. The van der Waals surface area contributed by atoms with Gasteiger partial charge in [0.05, 0.1) is 6.10 Å². The number of aryl methyl sites for hydroxylation is 1. The summed E-state index contributed by atoms with van der Waals surface area (Å²) in [5.74, 6) is 0. The van der Waals surface area contributed by atoms with E-state index >= 15 is 0 Å². The zero-order valence-electron chi connectivity index (χ0n) is 12.3. The molecular formula is C17H24N2O. The van der Waals surface area contributed by atoms with Crippen molar-refractivity contribution < 1.29 is 4.74 Å². The van der Waals surface area contributed by atoms with Gasteiger partial charge in [-0.25, -0.2) is 0 Å². The molecule has 0 aliphatic carbocycles. The van der Waals surface area contributed by atoms with E-state index in [0.29, 0.717) is 6.10 Å². The minimum atomic E-state index is 0.486. The number of ether oxygens (including phenoxy) is 1. The fraction of sp³-hybridized carbons (Fsp3) is 0.529. The maximum atomic E-state index is 5.42. The van der Waals surface area contributed by atoms with Crippen LogP contribution in [-0.2, 0) is 11.3 Å². The molecule has 2 aromatic rings. The summed E-state index contributed by atoms with van der Waals surface area (Å²) in [5, 5.41) is 1.34. The second-order valence-corrected chi connectivity index (χ2v) is 5.70. The van der Waals surface area contributed by atoms with Crippen LogP contribution in [0.1, 0.15) is 19.3 Å². The van der Waals surface area contributed by atoms with Gasteiger partial charge in [0.1, 0.15) is 0 Å². The first-order valence-electron chi connectivity index (χ1n) is 7.66. The van der Waals surface area contributed by atoms with Crippen LogP contribution in [0.5, 0.6) is 0 Å². The first kappa shape index (κ1) is 13.7. The Bertz CT molecular complexity index is 541. The molecule has 0 amide bonds. The van der Waals surface area contributed by atoms with Crippen molar-refractivity contribution in [3.8, 4) is 0 Å². The van der Waals surface area contributed by atoms with Gasteiger partial charge in [0.15, 0.2) is 0 Å². The lowest BCUT2D eigenvalue weighted by Gasteiger charge is -2.31. The third kappa shape index (κ3) is 3.05. The van der Waals surface area contributed by atoms with E-state index in [1.165, 1.54) is 49.8 Å². The lowest BCUT2D eigenvalue weighted by atomic mass is 10.1. The Hall–Kier alpha value is -1.32. The highest BCUT2D eigenvalue weighted by molar-refractivity contribution is 5.79. The molecule has 0 bridgehead atoms. The zero-order chi connectivity index (χ0) is 13.8. The fourth-order valence-electron chi connectivity index (χ4n) is 3.17. The van der Waals surface area contributed by atoms with E-state index < -0.39 is 0 Å². The van der Waals surface area contributed by atoms with Crippen LogP contribution in [0.2, 0.25) is 0 Å². The summed E-state index contributed by atoms with van der Waals surface area (Å²) in [4.78, 5) is 2.57. The van der Waals surface area contributed by atoms with Crippen molar-refractivity contribution in [2.45, 2.75) is 31.9 Å². The first-order chi connectivity index (χ1) is 9.86. The molecule has 3 heteroatoms. The molecule has 1 aliphatic rings. The Morgan fingerprint density at radius 3 is 2.70 bits per heavy atom. The number of hydrogen-bond acceptors (Lipinski definition) is 2. The van der Waals surface area contributed by atoms with Crippen LogP contribution in [0.3, 0.4) is 0 Å². The summed E-state index contributed by atoms with van der Waals surface area (Å²) in [6.07, 6.45) is 6.28. The lowest BCUT2D eigenvalue weighted by Crippen LogP contribution is -2.37. The molecule has 20 heavy (non-hydrogen) atoms. The third-order valence-electron chi connectivity index (χ3n) is 4.42. The Balaban J connectivity index is 1.48. The van der Waals surface area contributed by atoms with E-state index in [1.54, 1.807) is 0 Å². The third-order valence-corrected chi connectivity index (χ3v) is 4.42. The standard InChI is InChI=1S/C17H24N2O/c1-20-16-8-12-18(13-9-16)10-4-11-19-14-7-15-5-2-3-6-17(15)19/h2-3,5-7,14,16H,4,8-13H2,1H3. The summed E-state index contributed by atoms with van der Waals surface area (Å²) in [6.45, 7) is 4.68. The molecule has 1 saturated heterocycles. The van der Waals surface area contributed by atoms with E-state index in [1.807, 2.05) is 7.11 Å². The SMILES string of the molecule is COC1CCN(CCCn2ccc3ccccc32)CC1. The number of likely N-dealkylation sites (tertiary alicyclic amines) is 1. The maximum absolute atomic E-state index is 5.42. The molecule has 3 rings (SSSR count). The van der Waals surface area contributed by atoms with Crippen molar-refractivity contribution >= 4 is 10.9 Å². The molecule has 0 unspecified atom stereocenters. The van der Waals surface area contributed by atoms with Crippen LogP contribution in [0.4, 0.5) is 0 Å². The second-order valence-electron chi connectivity index (χ2n) is 5.70. The molecule has 2 heterocycles. The molecule has 1 aromatic heterocycles. The van der Waals surface area contributed by atoms with Gasteiger partial charge in [-0.15, -0.1) is 0 Å². The topological polar surface area (TPSA) is 17.4 Å². The number of fused-ring (bicyclic) bond motifs is 1. The molecule has 0 spiro atoms. The molecule has 1 aliphatic heterocycles. The largest absolute Gasteiger partial charge is 0.381 e. The van der Waals surface area contributed by atoms with Crippen molar-refractivity contribution in [1.82, 2.24) is 9.47 Å². The smallest absolute Gasteiger partial charge is 0.0595 e. The molecule has 0 radical (unpaired) electrons. The van der Waals surface area contributed by atoms with Crippen molar-refractivity contribution in [3.63, 3.8) is 0 Å². The van der Waals surface area contributed by atoms with Crippen LogP contribution in [0.25, 0.3) is 10.9 Å². The normalized spacial score (nSPS) is 17.9. The Morgan fingerprint density at radius 2 is 1.90 bits per heavy atom. The number of methoxy groups -OCH3 is 1. The molecule has 108 valence electrons. The number of nitrogens with zero attached hydrogens (tertiary/aromatic N) is 2. The highest BCUT2D eigenvalue weighted by atomic mass is 16.5. The van der Waals surface area contributed by atoms with Gasteiger partial charge < -0.3 is 14.2 Å². The van der Waals surface area contributed by atoms with Gasteiger partial charge in [-0.2, -0.15) is 0 Å². The minimum Gasteiger partial charge on any atom is -0.381 e. The van der Waals surface area contributed by atoms with Crippen molar-refractivity contribution in [1.29, 1.82) is 0 Å². The van der Waals surface area contributed by atoms with Gasteiger partial charge in [-0.05, 0) is 43.3 Å². The zero-order valence-corrected chi connectivity index (χ0v) is 12.3. The average Bonchev–Trinajstić information content (AvgIpc) is 2.92. The molecule has 3 nitrogen and oxygen atoms in total. The highest BCUT2D eigenvalue weighted by Gasteiger charge is 2.17. The molecule has 0 atom stereocenters. The predicted molar refractivity (Wildman–Crippen MR) is 83.0 cm³/mol. The number of piperidine rings is 1. The Labute approximate surface area is 121 Å². The maximum Gasteiger partial charge on any atom is 0.0595 e. The predicted octanol–water partition coefficient (Wildman–Crippen LogP) is 3.14. The number of hydrogen-bond donors (Lipinski definition) is 0. The van der Waals surface area contributed by atoms with Crippen molar-refractivity contribution in [2.75, 3.05) is 26.7 Å². The summed E-state index contributed by atoms with van der Waals surface area (Å²) in [6, 6.07) is 10.8. The van der Waals surface area contributed by atoms with Crippen LogP contribution in [-0.4, -0.2) is 42.3 Å². The fourth-order valence-corrected chi connectivity index (χ4v) is 3.17. The van der Waals surface area contributed by atoms with Crippen LogP contribution in [0.15, 0.2) is 36.5 Å². The molecule has 1 aromatic carbocycles. The van der Waals surface area contributed by atoms with Crippen molar-refractivity contribution in [3.05, 3.63) is 36.5 Å². The quantitative estimate of drug-likeness (QED) is 0.832. The molecule has 0 N–H and O–H groups in total. The molecule has 1 fully saturated rings. The summed E-state index contributed by atoms with van der Waals surface area (Å²) >= 11 is 0. The minimum absolute atomic E-state index is 0.486. The van der Waals surface area contributed by atoms with Crippen LogP contribution < -0.4 is 0 Å². The van der Waals surface area contributed by atoms with E-state index in [0.717, 1.165) is 6.54 Å². The first-order valence-corrected chi connectivity index (χ1v) is 7.66. The van der Waals surface area contributed by atoms with E-state index in [-0.39, 0.29) is 0 Å². The monoisotopic (exact) mass is 272 g/mol. The number of benzene rings is 1. The van der Waals surface area contributed by atoms with Gasteiger partial charge >= 0.3 is 0 Å². The highest BCUT2D eigenvalue weighted by Crippen LogP contribution is 2.16. The lowest BCUT2D eigenvalue weighted by molar-refractivity contribution is 0.0406. The molecule has 0 saturated carbocycles. The van der Waals surface area contributed by atoms with Gasteiger partial charge in [0, 0.05) is 38.5 Å². The van der Waals surface area contributed by atoms with E-state index in [2.05, 4.69) is 46.0 Å². The van der Waals surface area contributed by atoms with Crippen molar-refractivity contribution in [2.24, 2.45) is 0 Å². The Morgan fingerprint density at radius 1 is 1.10 bits per heavy atom. The second kappa shape index (κ2) is 6.42. The van der Waals surface area contributed by atoms with Gasteiger partial charge in [0.2, 0.25) is 0 Å². The summed E-state index contributed by atoms with van der Waals surface area (Å²) in [7, 11) is 1.83. The van der Waals surface area contributed by atoms with Gasteiger partial charge in [-0.3, -0.25) is 0 Å². The number of aromatic nitrogens is 1. The summed E-state index contributed by atoms with van der Waals surface area (Å²) < 4.78 is 7.79. The van der Waals surface area contributed by atoms with E-state index in [9.17, 15) is 0 Å². The van der Waals surface area contributed by atoms with E-state index in [4.69, 9.17) is 4.74 Å².